The Labute approximate surface area is 129 Å². The Bertz CT molecular complexity index is 850. The van der Waals surface area contributed by atoms with Gasteiger partial charge in [0.2, 0.25) is 0 Å². The molecule has 1 aromatic carbocycles. The Morgan fingerprint density at radius 1 is 1.18 bits per heavy atom. The lowest BCUT2D eigenvalue weighted by molar-refractivity contribution is 0.102. The highest BCUT2D eigenvalue weighted by molar-refractivity contribution is 7.19. The number of carbonyl (C=O) groups excluding carboxylic acids is 1. The predicted octanol–water partition coefficient (Wildman–Crippen LogP) is 2.45. The first kappa shape index (κ1) is 14.2. The van der Waals surface area contributed by atoms with E-state index in [1.807, 2.05) is 37.3 Å². The van der Waals surface area contributed by atoms with E-state index in [0.717, 1.165) is 16.1 Å². The average Bonchev–Trinajstić information content (AvgIpc) is 2.89. The maximum absolute atomic E-state index is 12.1. The summed E-state index contributed by atoms with van der Waals surface area (Å²) in [6, 6.07) is 12.5. The van der Waals surface area contributed by atoms with Gasteiger partial charge in [-0.05, 0) is 18.6 Å². The lowest BCUT2D eigenvalue weighted by Crippen LogP contribution is -2.17. The third-order valence-electron chi connectivity index (χ3n) is 2.96. The van der Waals surface area contributed by atoms with Crippen LogP contribution in [-0.2, 0) is 0 Å². The lowest BCUT2D eigenvalue weighted by Gasteiger charge is -1.99. The van der Waals surface area contributed by atoms with Crippen LogP contribution in [0.3, 0.4) is 0 Å². The van der Waals surface area contributed by atoms with Crippen molar-refractivity contribution in [3.05, 3.63) is 64.2 Å². The van der Waals surface area contributed by atoms with Crippen molar-refractivity contribution < 1.29 is 4.79 Å². The van der Waals surface area contributed by atoms with Crippen LogP contribution in [0, 0.1) is 6.92 Å². The topological polar surface area (TPSA) is 87.7 Å². The monoisotopic (exact) mass is 312 g/mol. The number of thiazole rings is 1. The number of aryl methyl sites for hydroxylation is 1. The van der Waals surface area contributed by atoms with E-state index in [4.69, 9.17) is 0 Å². The van der Waals surface area contributed by atoms with Gasteiger partial charge in [-0.15, -0.1) is 0 Å². The molecule has 110 valence electrons. The Morgan fingerprint density at radius 2 is 1.95 bits per heavy atom. The molecule has 0 spiro atoms. The van der Waals surface area contributed by atoms with Crippen molar-refractivity contribution in [2.24, 2.45) is 0 Å². The summed E-state index contributed by atoms with van der Waals surface area (Å²) in [6.07, 6.45) is 0. The van der Waals surface area contributed by atoms with Crippen LogP contribution in [0.2, 0.25) is 0 Å². The van der Waals surface area contributed by atoms with E-state index in [1.54, 1.807) is 0 Å². The van der Waals surface area contributed by atoms with E-state index < -0.39 is 5.91 Å². The van der Waals surface area contributed by atoms with Crippen LogP contribution >= 0.6 is 11.3 Å². The zero-order chi connectivity index (χ0) is 15.5. The molecule has 0 bridgehead atoms. The number of amides is 1. The number of hydrogen-bond donors (Lipinski definition) is 2. The molecule has 1 amide bonds. The third-order valence-corrected chi connectivity index (χ3v) is 4.09. The van der Waals surface area contributed by atoms with Gasteiger partial charge in [-0.1, -0.05) is 41.7 Å². The number of nitrogens with zero attached hydrogens (tertiary/aromatic N) is 2. The smallest absolute Gasteiger partial charge is 0.277 e. The van der Waals surface area contributed by atoms with E-state index in [0.29, 0.717) is 5.13 Å². The molecular formula is C15H12N4O2S. The largest absolute Gasteiger partial charge is 0.296 e. The molecule has 0 saturated carbocycles. The first-order valence-electron chi connectivity index (χ1n) is 6.53. The normalized spacial score (nSPS) is 10.4. The number of aromatic amines is 1. The number of rotatable bonds is 3. The molecule has 3 aromatic rings. The maximum Gasteiger partial charge on any atom is 0.277 e. The van der Waals surface area contributed by atoms with Gasteiger partial charge >= 0.3 is 0 Å². The van der Waals surface area contributed by atoms with E-state index in [2.05, 4.69) is 20.5 Å². The third kappa shape index (κ3) is 2.94. The minimum Gasteiger partial charge on any atom is -0.296 e. The summed E-state index contributed by atoms with van der Waals surface area (Å²) in [5.74, 6) is -0.412. The van der Waals surface area contributed by atoms with Crippen molar-refractivity contribution in [1.82, 2.24) is 15.2 Å². The van der Waals surface area contributed by atoms with Crippen molar-refractivity contribution in [3.63, 3.8) is 0 Å². The van der Waals surface area contributed by atoms with Gasteiger partial charge in [0.1, 0.15) is 5.69 Å². The van der Waals surface area contributed by atoms with Crippen LogP contribution in [0.4, 0.5) is 5.13 Å². The van der Waals surface area contributed by atoms with Crippen molar-refractivity contribution in [2.75, 3.05) is 5.32 Å². The zero-order valence-electron chi connectivity index (χ0n) is 11.7. The van der Waals surface area contributed by atoms with E-state index in [1.165, 1.54) is 23.5 Å². The number of aromatic nitrogens is 3. The molecule has 22 heavy (non-hydrogen) atoms. The molecule has 2 aromatic heterocycles. The van der Waals surface area contributed by atoms with Gasteiger partial charge in [0.15, 0.2) is 5.13 Å². The average molecular weight is 312 g/mol. The van der Waals surface area contributed by atoms with Gasteiger partial charge in [-0.3, -0.25) is 14.9 Å². The second-order valence-electron chi connectivity index (χ2n) is 4.56. The SMILES string of the molecule is Cc1nc(NC(=O)c2ccc(=O)[nH]n2)sc1-c1ccccc1. The number of anilines is 1. The summed E-state index contributed by atoms with van der Waals surface area (Å²) in [6.45, 7) is 1.90. The van der Waals surface area contributed by atoms with Gasteiger partial charge in [0, 0.05) is 6.07 Å². The van der Waals surface area contributed by atoms with Crippen LogP contribution < -0.4 is 10.9 Å². The first-order chi connectivity index (χ1) is 10.6. The lowest BCUT2D eigenvalue weighted by atomic mass is 10.2. The van der Waals surface area contributed by atoms with E-state index in [9.17, 15) is 9.59 Å². The van der Waals surface area contributed by atoms with Gasteiger partial charge in [0.05, 0.1) is 10.6 Å². The highest BCUT2D eigenvalue weighted by Gasteiger charge is 2.13. The maximum atomic E-state index is 12.1. The summed E-state index contributed by atoms with van der Waals surface area (Å²) in [5.41, 5.74) is 1.68. The molecule has 2 N–H and O–H groups in total. The second kappa shape index (κ2) is 5.90. The molecule has 0 unspecified atom stereocenters. The van der Waals surface area contributed by atoms with Crippen molar-refractivity contribution in [3.8, 4) is 10.4 Å². The zero-order valence-corrected chi connectivity index (χ0v) is 12.5. The van der Waals surface area contributed by atoms with Crippen LogP contribution in [0.25, 0.3) is 10.4 Å². The minimum absolute atomic E-state index is 0.133. The number of nitrogens with one attached hydrogen (secondary N) is 2. The molecule has 3 rings (SSSR count). The Hall–Kier alpha value is -2.80. The second-order valence-corrected chi connectivity index (χ2v) is 5.56. The quantitative estimate of drug-likeness (QED) is 0.777. The molecule has 0 fully saturated rings. The number of benzene rings is 1. The van der Waals surface area contributed by atoms with E-state index >= 15 is 0 Å². The molecular weight excluding hydrogens is 300 g/mol. The summed E-state index contributed by atoms with van der Waals surface area (Å²) >= 11 is 1.40. The van der Waals surface area contributed by atoms with Crippen LogP contribution in [0.5, 0.6) is 0 Å². The molecule has 0 aliphatic heterocycles. The highest BCUT2D eigenvalue weighted by Crippen LogP contribution is 2.32. The molecule has 0 radical (unpaired) electrons. The summed E-state index contributed by atoms with van der Waals surface area (Å²) in [7, 11) is 0. The van der Waals surface area contributed by atoms with Crippen LogP contribution in [0.15, 0.2) is 47.3 Å². The standard InChI is InChI=1S/C15H12N4O2S/c1-9-13(10-5-3-2-4-6-10)22-15(16-9)17-14(21)11-7-8-12(20)19-18-11/h2-8H,1H3,(H,19,20)(H,16,17,21). The Balaban J connectivity index is 1.83. The van der Waals surface area contributed by atoms with Crippen LogP contribution in [-0.4, -0.2) is 21.1 Å². The molecule has 0 atom stereocenters. The summed E-state index contributed by atoms with van der Waals surface area (Å²) in [4.78, 5) is 28.4. The number of H-pyrrole nitrogens is 1. The highest BCUT2D eigenvalue weighted by atomic mass is 32.1. The molecule has 0 aliphatic carbocycles. The van der Waals surface area contributed by atoms with Crippen molar-refractivity contribution >= 4 is 22.4 Å². The van der Waals surface area contributed by atoms with Gasteiger partial charge in [0.25, 0.3) is 11.5 Å². The molecule has 6 nitrogen and oxygen atoms in total. The number of carbonyl (C=O) groups is 1. The van der Waals surface area contributed by atoms with E-state index in [-0.39, 0.29) is 11.3 Å². The molecule has 2 heterocycles. The Kier molecular flexibility index (Phi) is 3.80. The fourth-order valence-corrected chi connectivity index (χ4v) is 2.91. The van der Waals surface area contributed by atoms with Crippen molar-refractivity contribution in [1.29, 1.82) is 0 Å². The first-order valence-corrected chi connectivity index (χ1v) is 7.35. The minimum atomic E-state index is -0.412. The fourth-order valence-electron chi connectivity index (χ4n) is 1.94. The predicted molar refractivity (Wildman–Crippen MR) is 85.1 cm³/mol. The fraction of sp³-hybridized carbons (Fsp3) is 0.0667. The Morgan fingerprint density at radius 3 is 2.64 bits per heavy atom. The van der Waals surface area contributed by atoms with Gasteiger partial charge in [-0.25, -0.2) is 10.1 Å². The van der Waals surface area contributed by atoms with Crippen molar-refractivity contribution in [2.45, 2.75) is 6.92 Å². The number of hydrogen-bond acceptors (Lipinski definition) is 5. The summed E-state index contributed by atoms with van der Waals surface area (Å²) < 4.78 is 0. The summed E-state index contributed by atoms with van der Waals surface area (Å²) in [5, 5.41) is 9.10. The molecule has 0 aliphatic rings. The van der Waals surface area contributed by atoms with Gasteiger partial charge in [-0.2, -0.15) is 5.10 Å². The van der Waals surface area contributed by atoms with Gasteiger partial charge < -0.3 is 0 Å². The molecule has 7 heteroatoms. The molecule has 0 saturated heterocycles. The van der Waals surface area contributed by atoms with Crippen LogP contribution in [0.1, 0.15) is 16.2 Å².